The van der Waals surface area contributed by atoms with Crippen LogP contribution in [0.1, 0.15) is 26.0 Å². The first-order valence-corrected chi connectivity index (χ1v) is 8.44. The van der Waals surface area contributed by atoms with Crippen LogP contribution in [0.4, 0.5) is 5.88 Å². The molecule has 3 rings (SSSR count). The third-order valence-corrected chi connectivity index (χ3v) is 4.50. The third kappa shape index (κ3) is 3.41. The molecule has 6 nitrogen and oxygen atoms in total. The van der Waals surface area contributed by atoms with Crippen molar-refractivity contribution in [3.63, 3.8) is 0 Å². The quantitative estimate of drug-likeness (QED) is 0.844. The van der Waals surface area contributed by atoms with Crippen molar-refractivity contribution in [3.8, 4) is 29.0 Å². The molecular weight excluding hydrogens is 318 g/mol. The largest absolute Gasteiger partial charge is 0.493 e. The van der Waals surface area contributed by atoms with Gasteiger partial charge < -0.3 is 18.8 Å². The van der Waals surface area contributed by atoms with Gasteiger partial charge >= 0.3 is 0 Å². The van der Waals surface area contributed by atoms with Gasteiger partial charge in [0.15, 0.2) is 11.5 Å². The highest BCUT2D eigenvalue weighted by molar-refractivity contribution is 5.63. The van der Waals surface area contributed by atoms with E-state index in [1.165, 1.54) is 6.42 Å². The molecular formula is C19H23N3O3. The minimum Gasteiger partial charge on any atom is -0.493 e. The van der Waals surface area contributed by atoms with Gasteiger partial charge in [-0.3, -0.25) is 0 Å². The number of nitrogens with zero attached hydrogens (tertiary/aromatic N) is 3. The summed E-state index contributed by atoms with van der Waals surface area (Å²) in [6.07, 6.45) is 1.19. The molecule has 2 heterocycles. The summed E-state index contributed by atoms with van der Waals surface area (Å²) >= 11 is 0. The molecule has 132 valence electrons. The standard InChI is InChI=1S/C19H23N3O3/c1-12-7-13(2)11-22(10-12)19-15(9-20)21-18(25-19)14-5-6-16(23-3)17(8-14)24-4/h5-6,8,12-13H,7,10-11H2,1-4H3. The van der Waals surface area contributed by atoms with Crippen LogP contribution < -0.4 is 14.4 Å². The topological polar surface area (TPSA) is 71.5 Å². The van der Waals surface area contributed by atoms with Gasteiger partial charge in [-0.05, 0) is 36.5 Å². The molecule has 2 atom stereocenters. The predicted octanol–water partition coefficient (Wildman–Crippen LogP) is 3.71. The average molecular weight is 341 g/mol. The third-order valence-electron chi connectivity index (χ3n) is 4.50. The molecule has 0 aliphatic carbocycles. The molecule has 0 bridgehead atoms. The van der Waals surface area contributed by atoms with Crippen LogP contribution in [0.25, 0.3) is 11.5 Å². The first-order chi connectivity index (χ1) is 12.0. The lowest BCUT2D eigenvalue weighted by atomic mass is 9.92. The molecule has 1 fully saturated rings. The highest BCUT2D eigenvalue weighted by Gasteiger charge is 2.27. The normalized spacial score (nSPS) is 20.2. The second kappa shape index (κ2) is 7.06. The number of rotatable bonds is 4. The van der Waals surface area contributed by atoms with Crippen molar-refractivity contribution < 1.29 is 13.9 Å². The number of aromatic nitrogens is 1. The highest BCUT2D eigenvalue weighted by Crippen LogP contribution is 2.36. The first kappa shape index (κ1) is 17.2. The zero-order valence-electron chi connectivity index (χ0n) is 15.1. The molecule has 1 aromatic carbocycles. The van der Waals surface area contributed by atoms with Crippen molar-refractivity contribution in [1.29, 1.82) is 5.26 Å². The second-order valence-electron chi connectivity index (χ2n) is 6.71. The number of hydrogen-bond donors (Lipinski definition) is 0. The summed E-state index contributed by atoms with van der Waals surface area (Å²) in [6.45, 7) is 6.19. The van der Waals surface area contributed by atoms with Gasteiger partial charge in [0.25, 0.3) is 0 Å². The number of methoxy groups -OCH3 is 2. The van der Waals surface area contributed by atoms with E-state index >= 15 is 0 Å². The zero-order valence-corrected chi connectivity index (χ0v) is 15.1. The Kier molecular flexibility index (Phi) is 4.84. The Hall–Kier alpha value is -2.68. The molecule has 25 heavy (non-hydrogen) atoms. The smallest absolute Gasteiger partial charge is 0.235 e. The summed E-state index contributed by atoms with van der Waals surface area (Å²) < 4.78 is 16.6. The van der Waals surface area contributed by atoms with Gasteiger partial charge in [0, 0.05) is 18.7 Å². The number of ether oxygens (including phenoxy) is 2. The number of anilines is 1. The number of oxazole rings is 1. The maximum Gasteiger partial charge on any atom is 0.235 e. The molecule has 0 saturated carbocycles. The lowest BCUT2D eigenvalue weighted by molar-refractivity contribution is 0.344. The highest BCUT2D eigenvalue weighted by atomic mass is 16.5. The van der Waals surface area contributed by atoms with Gasteiger partial charge in [-0.2, -0.15) is 10.2 Å². The Morgan fingerprint density at radius 1 is 1.16 bits per heavy atom. The van der Waals surface area contributed by atoms with Gasteiger partial charge in [0.2, 0.25) is 17.5 Å². The van der Waals surface area contributed by atoms with Crippen molar-refractivity contribution >= 4 is 5.88 Å². The molecule has 2 unspecified atom stereocenters. The fraction of sp³-hybridized carbons (Fsp3) is 0.474. The van der Waals surface area contributed by atoms with Crippen LogP contribution in [0.2, 0.25) is 0 Å². The Bertz CT molecular complexity index is 784. The van der Waals surface area contributed by atoms with E-state index < -0.39 is 0 Å². The molecule has 2 aromatic rings. The molecule has 1 aliphatic rings. The van der Waals surface area contributed by atoms with Crippen molar-refractivity contribution in [2.75, 3.05) is 32.2 Å². The van der Waals surface area contributed by atoms with E-state index in [1.807, 2.05) is 6.07 Å². The summed E-state index contributed by atoms with van der Waals surface area (Å²) in [4.78, 5) is 6.52. The van der Waals surface area contributed by atoms with Crippen LogP contribution in [0.5, 0.6) is 11.5 Å². The van der Waals surface area contributed by atoms with E-state index in [2.05, 4.69) is 29.8 Å². The van der Waals surface area contributed by atoms with Crippen LogP contribution >= 0.6 is 0 Å². The zero-order chi connectivity index (χ0) is 18.0. The van der Waals surface area contributed by atoms with E-state index in [9.17, 15) is 5.26 Å². The van der Waals surface area contributed by atoms with E-state index in [-0.39, 0.29) is 0 Å². The van der Waals surface area contributed by atoms with Crippen LogP contribution in [0.15, 0.2) is 22.6 Å². The fourth-order valence-electron chi connectivity index (χ4n) is 3.52. The average Bonchev–Trinajstić information content (AvgIpc) is 3.04. The van der Waals surface area contributed by atoms with Crippen LogP contribution in [0, 0.1) is 23.2 Å². The van der Waals surface area contributed by atoms with E-state index in [0.717, 1.165) is 18.7 Å². The van der Waals surface area contributed by atoms with E-state index in [1.54, 1.807) is 26.4 Å². The van der Waals surface area contributed by atoms with Crippen molar-refractivity contribution in [3.05, 3.63) is 23.9 Å². The monoisotopic (exact) mass is 341 g/mol. The molecule has 0 spiro atoms. The van der Waals surface area contributed by atoms with Gasteiger partial charge in [0.1, 0.15) is 6.07 Å². The first-order valence-electron chi connectivity index (χ1n) is 8.44. The van der Waals surface area contributed by atoms with Gasteiger partial charge in [-0.1, -0.05) is 13.8 Å². The van der Waals surface area contributed by atoms with Crippen molar-refractivity contribution in [2.24, 2.45) is 11.8 Å². The lowest BCUT2D eigenvalue weighted by Crippen LogP contribution is -2.38. The predicted molar refractivity (Wildman–Crippen MR) is 94.9 cm³/mol. The summed E-state index contributed by atoms with van der Waals surface area (Å²) in [6, 6.07) is 7.61. The second-order valence-corrected chi connectivity index (χ2v) is 6.71. The molecule has 0 N–H and O–H groups in total. The van der Waals surface area contributed by atoms with Crippen LogP contribution in [0.3, 0.4) is 0 Å². The fourth-order valence-corrected chi connectivity index (χ4v) is 3.52. The van der Waals surface area contributed by atoms with Gasteiger partial charge in [-0.15, -0.1) is 0 Å². The molecule has 1 saturated heterocycles. The Labute approximate surface area is 148 Å². The maximum absolute atomic E-state index is 9.48. The molecule has 0 radical (unpaired) electrons. The Morgan fingerprint density at radius 3 is 2.44 bits per heavy atom. The summed E-state index contributed by atoms with van der Waals surface area (Å²) in [5.74, 6) is 3.33. The van der Waals surface area contributed by atoms with Gasteiger partial charge in [0.05, 0.1) is 14.2 Å². The molecule has 1 aliphatic heterocycles. The van der Waals surface area contributed by atoms with E-state index in [0.29, 0.717) is 40.8 Å². The number of nitriles is 1. The summed E-state index contributed by atoms with van der Waals surface area (Å²) in [5.41, 5.74) is 1.07. The molecule has 6 heteroatoms. The molecule has 1 aromatic heterocycles. The van der Waals surface area contributed by atoms with Crippen molar-refractivity contribution in [1.82, 2.24) is 4.98 Å². The van der Waals surface area contributed by atoms with Crippen LogP contribution in [-0.4, -0.2) is 32.3 Å². The summed E-state index contributed by atoms with van der Waals surface area (Å²) in [5, 5.41) is 9.48. The van der Waals surface area contributed by atoms with Crippen LogP contribution in [-0.2, 0) is 0 Å². The number of benzene rings is 1. The SMILES string of the molecule is COc1ccc(-c2nc(C#N)c(N3CC(C)CC(C)C3)o2)cc1OC. The maximum atomic E-state index is 9.48. The minimum atomic E-state index is 0.325. The minimum absolute atomic E-state index is 0.325. The number of hydrogen-bond acceptors (Lipinski definition) is 6. The molecule has 0 amide bonds. The summed E-state index contributed by atoms with van der Waals surface area (Å²) in [7, 11) is 3.17. The lowest BCUT2D eigenvalue weighted by Gasteiger charge is -2.34. The van der Waals surface area contributed by atoms with E-state index in [4.69, 9.17) is 13.9 Å². The van der Waals surface area contributed by atoms with Gasteiger partial charge in [-0.25, -0.2) is 0 Å². The number of piperidine rings is 1. The Morgan fingerprint density at radius 2 is 1.84 bits per heavy atom. The van der Waals surface area contributed by atoms with Crippen molar-refractivity contribution in [2.45, 2.75) is 20.3 Å². The Balaban J connectivity index is 1.97.